The predicted molar refractivity (Wildman–Crippen MR) is 84.8 cm³/mol. The van der Waals surface area contributed by atoms with Crippen LogP contribution in [0.4, 0.5) is 0 Å². The zero-order chi connectivity index (χ0) is 14.0. The van der Waals surface area contributed by atoms with Crippen LogP contribution >= 0.6 is 0 Å². The van der Waals surface area contributed by atoms with Crippen LogP contribution in [0.5, 0.6) is 0 Å². The minimum Gasteiger partial charge on any atom is -0.329 e. The van der Waals surface area contributed by atoms with Crippen molar-refractivity contribution in [2.75, 3.05) is 39.3 Å². The van der Waals surface area contributed by atoms with E-state index < -0.39 is 0 Å². The van der Waals surface area contributed by atoms with E-state index in [4.69, 9.17) is 5.73 Å². The lowest BCUT2D eigenvalue weighted by Crippen LogP contribution is -2.64. The molecule has 0 aromatic heterocycles. The molecular weight excluding hydrogens is 246 g/mol. The highest BCUT2D eigenvalue weighted by Crippen LogP contribution is 2.40. The van der Waals surface area contributed by atoms with Crippen molar-refractivity contribution in [2.45, 2.75) is 57.4 Å². The Morgan fingerprint density at radius 1 is 1.05 bits per heavy atom. The van der Waals surface area contributed by atoms with E-state index in [0.717, 1.165) is 18.4 Å². The molecule has 0 bridgehead atoms. The summed E-state index contributed by atoms with van der Waals surface area (Å²) >= 11 is 0. The van der Waals surface area contributed by atoms with Gasteiger partial charge in [0.15, 0.2) is 0 Å². The zero-order valence-electron chi connectivity index (χ0n) is 13.3. The summed E-state index contributed by atoms with van der Waals surface area (Å²) in [5.74, 6) is 1.86. The molecule has 2 aliphatic carbocycles. The summed E-state index contributed by atoms with van der Waals surface area (Å²) in [6.45, 7) is 9.64. The van der Waals surface area contributed by atoms with Crippen LogP contribution in [-0.4, -0.2) is 54.6 Å². The fourth-order valence-electron chi connectivity index (χ4n) is 4.73. The predicted octanol–water partition coefficient (Wildman–Crippen LogP) is 2.31. The molecule has 1 aliphatic heterocycles. The van der Waals surface area contributed by atoms with E-state index >= 15 is 0 Å². The first kappa shape index (κ1) is 14.8. The molecule has 2 unspecified atom stereocenters. The van der Waals surface area contributed by atoms with Gasteiger partial charge in [0.05, 0.1) is 0 Å². The summed E-state index contributed by atoms with van der Waals surface area (Å²) in [6, 6.07) is 0. The second-order valence-electron chi connectivity index (χ2n) is 7.39. The highest BCUT2D eigenvalue weighted by atomic mass is 15.3. The third-order valence-corrected chi connectivity index (χ3v) is 6.23. The monoisotopic (exact) mass is 279 g/mol. The molecule has 0 amide bonds. The third kappa shape index (κ3) is 2.90. The molecule has 2 saturated carbocycles. The van der Waals surface area contributed by atoms with Gasteiger partial charge < -0.3 is 10.6 Å². The van der Waals surface area contributed by atoms with Gasteiger partial charge in [-0.25, -0.2) is 0 Å². The first-order valence-corrected chi connectivity index (χ1v) is 8.96. The van der Waals surface area contributed by atoms with Crippen LogP contribution in [0.25, 0.3) is 0 Å². The number of piperazine rings is 1. The van der Waals surface area contributed by atoms with Crippen LogP contribution in [0.2, 0.25) is 0 Å². The molecule has 3 nitrogen and oxygen atoms in total. The van der Waals surface area contributed by atoms with Crippen LogP contribution in [0.15, 0.2) is 0 Å². The second kappa shape index (κ2) is 6.33. The molecule has 1 heterocycles. The lowest BCUT2D eigenvalue weighted by Gasteiger charge is -2.53. The Balaban J connectivity index is 1.61. The summed E-state index contributed by atoms with van der Waals surface area (Å²) < 4.78 is 0. The number of nitrogens with zero attached hydrogens (tertiary/aromatic N) is 2. The van der Waals surface area contributed by atoms with Crippen LogP contribution < -0.4 is 5.73 Å². The molecule has 0 spiro atoms. The van der Waals surface area contributed by atoms with Gasteiger partial charge in [-0.2, -0.15) is 0 Å². The van der Waals surface area contributed by atoms with Crippen molar-refractivity contribution in [3.8, 4) is 0 Å². The van der Waals surface area contributed by atoms with Crippen molar-refractivity contribution in [3.63, 3.8) is 0 Å². The summed E-state index contributed by atoms with van der Waals surface area (Å²) in [5, 5.41) is 0. The van der Waals surface area contributed by atoms with E-state index in [1.807, 2.05) is 0 Å². The van der Waals surface area contributed by atoms with E-state index in [1.54, 1.807) is 0 Å². The number of hydrogen-bond donors (Lipinski definition) is 1. The summed E-state index contributed by atoms with van der Waals surface area (Å²) in [4.78, 5) is 5.48. The number of nitrogens with two attached hydrogens (primary N) is 1. The van der Waals surface area contributed by atoms with Crippen molar-refractivity contribution in [2.24, 2.45) is 17.6 Å². The summed E-state index contributed by atoms with van der Waals surface area (Å²) in [7, 11) is 0. The second-order valence-corrected chi connectivity index (χ2v) is 7.39. The van der Waals surface area contributed by atoms with Gasteiger partial charge in [0, 0.05) is 44.8 Å². The van der Waals surface area contributed by atoms with Gasteiger partial charge in [-0.15, -0.1) is 0 Å². The smallest absolute Gasteiger partial charge is 0.0360 e. The van der Waals surface area contributed by atoms with Crippen LogP contribution in [0.3, 0.4) is 0 Å². The maximum absolute atomic E-state index is 6.31. The molecule has 0 aromatic carbocycles. The first-order chi connectivity index (χ1) is 9.78. The van der Waals surface area contributed by atoms with Gasteiger partial charge in [0.2, 0.25) is 0 Å². The van der Waals surface area contributed by atoms with Gasteiger partial charge in [-0.1, -0.05) is 26.2 Å². The topological polar surface area (TPSA) is 32.5 Å². The Morgan fingerprint density at radius 2 is 1.80 bits per heavy atom. The van der Waals surface area contributed by atoms with Crippen LogP contribution in [-0.2, 0) is 0 Å². The van der Waals surface area contributed by atoms with Crippen LogP contribution in [0, 0.1) is 11.8 Å². The highest BCUT2D eigenvalue weighted by Gasteiger charge is 2.44. The quantitative estimate of drug-likeness (QED) is 0.838. The molecule has 2 atom stereocenters. The maximum atomic E-state index is 6.31. The average molecular weight is 279 g/mol. The largest absolute Gasteiger partial charge is 0.329 e. The van der Waals surface area contributed by atoms with Gasteiger partial charge in [0.1, 0.15) is 0 Å². The maximum Gasteiger partial charge on any atom is 0.0360 e. The van der Waals surface area contributed by atoms with E-state index in [0.29, 0.717) is 5.54 Å². The van der Waals surface area contributed by atoms with Crippen molar-refractivity contribution < 1.29 is 0 Å². The van der Waals surface area contributed by atoms with Gasteiger partial charge in [-0.3, -0.25) is 4.90 Å². The third-order valence-electron chi connectivity index (χ3n) is 6.23. The lowest BCUT2D eigenvalue weighted by molar-refractivity contribution is -0.0266. The minimum atomic E-state index is 0.332. The lowest BCUT2D eigenvalue weighted by atomic mass is 9.70. The number of hydrogen-bond acceptors (Lipinski definition) is 3. The molecular formula is C17H33N3. The summed E-state index contributed by atoms with van der Waals surface area (Å²) in [5.41, 5.74) is 6.64. The standard InChI is InChI=1S/C17H33N3/c1-2-16-5-3-4-8-17(16,14-18)20-11-9-19(10-12-20)13-15-6-7-15/h15-16H,2-14,18H2,1H3. The molecule has 3 heteroatoms. The molecule has 3 aliphatic rings. The zero-order valence-corrected chi connectivity index (χ0v) is 13.3. The van der Waals surface area contributed by atoms with E-state index in [2.05, 4.69) is 16.7 Å². The van der Waals surface area contributed by atoms with E-state index in [9.17, 15) is 0 Å². The summed E-state index contributed by atoms with van der Waals surface area (Å²) in [6.07, 6.45) is 9.80. The fraction of sp³-hybridized carbons (Fsp3) is 1.00. The normalized spacial score (nSPS) is 37.2. The van der Waals surface area contributed by atoms with Gasteiger partial charge in [0.25, 0.3) is 0 Å². The Hall–Kier alpha value is -0.120. The van der Waals surface area contributed by atoms with Crippen LogP contribution in [0.1, 0.15) is 51.9 Å². The molecule has 1 saturated heterocycles. The molecule has 3 rings (SSSR count). The minimum absolute atomic E-state index is 0.332. The Morgan fingerprint density at radius 3 is 2.40 bits per heavy atom. The SMILES string of the molecule is CCC1CCCCC1(CN)N1CCN(CC2CC2)CC1. The van der Waals surface area contributed by atoms with Crippen molar-refractivity contribution in [3.05, 3.63) is 0 Å². The van der Waals surface area contributed by atoms with Gasteiger partial charge >= 0.3 is 0 Å². The molecule has 20 heavy (non-hydrogen) atoms. The molecule has 2 N–H and O–H groups in total. The van der Waals surface area contributed by atoms with E-state index in [1.165, 1.54) is 77.7 Å². The molecule has 0 aromatic rings. The highest BCUT2D eigenvalue weighted by molar-refractivity contribution is 5.01. The van der Waals surface area contributed by atoms with Gasteiger partial charge in [-0.05, 0) is 37.5 Å². The average Bonchev–Trinajstić information content (AvgIpc) is 3.31. The van der Waals surface area contributed by atoms with Crippen molar-refractivity contribution >= 4 is 0 Å². The fourth-order valence-corrected chi connectivity index (χ4v) is 4.73. The Kier molecular flexibility index (Phi) is 4.68. The number of rotatable bonds is 5. The Labute approximate surface area is 124 Å². The van der Waals surface area contributed by atoms with Crippen molar-refractivity contribution in [1.29, 1.82) is 0 Å². The van der Waals surface area contributed by atoms with Crippen molar-refractivity contribution in [1.82, 2.24) is 9.80 Å². The molecule has 0 radical (unpaired) electrons. The Bertz CT molecular complexity index is 307. The first-order valence-electron chi connectivity index (χ1n) is 8.96. The molecule has 116 valence electrons. The molecule has 3 fully saturated rings. The van der Waals surface area contributed by atoms with E-state index in [-0.39, 0.29) is 0 Å².